The van der Waals surface area contributed by atoms with Crippen LogP contribution in [-0.4, -0.2) is 13.3 Å². The van der Waals surface area contributed by atoms with Crippen LogP contribution in [0, 0.1) is 0 Å². The van der Waals surface area contributed by atoms with Crippen molar-refractivity contribution < 1.29 is 0 Å². The van der Waals surface area contributed by atoms with Crippen LogP contribution < -0.4 is 0 Å². The van der Waals surface area contributed by atoms with Gasteiger partial charge in [-0.2, -0.15) is 22.2 Å². The Morgan fingerprint density at radius 1 is 0.220 bits per heavy atom. The first kappa shape index (κ1) is 42.1. The Bertz CT molecular complexity index is 446. The summed E-state index contributed by atoms with van der Waals surface area (Å²) in [5.74, 6) is 0.844. The Kier molecular flexibility index (Phi) is 40.1. The minimum atomic E-state index is -1.34. The summed E-state index contributed by atoms with van der Waals surface area (Å²) in [5.41, 5.74) is 0. The molecule has 0 N–H and O–H groups in total. The van der Waals surface area contributed by atoms with Crippen LogP contribution >= 0.6 is 33.8 Å². The molecule has 0 bridgehead atoms. The van der Waals surface area contributed by atoms with E-state index in [-0.39, 0.29) is 0 Å². The second-order valence-corrected chi connectivity index (χ2v) is 18.8. The molecule has 0 spiro atoms. The second kappa shape index (κ2) is 39.1. The summed E-state index contributed by atoms with van der Waals surface area (Å²) in [7, 11) is -1.34. The maximum absolute atomic E-state index is 5.91. The number of halogens is 3. The summed E-state index contributed by atoms with van der Waals surface area (Å²) in [4.78, 5) is 0. The van der Waals surface area contributed by atoms with Crippen molar-refractivity contribution in [3.63, 3.8) is 0 Å². The first-order chi connectivity index (χ1) is 20.3. The van der Waals surface area contributed by atoms with Gasteiger partial charge in [0.25, 0.3) is 0 Å². The Morgan fingerprint density at radius 2 is 0.366 bits per heavy atom. The van der Waals surface area contributed by atoms with Crippen LogP contribution in [0.25, 0.3) is 0 Å². The van der Waals surface area contributed by atoms with Gasteiger partial charge in [-0.1, -0.05) is 218 Å². The van der Waals surface area contributed by atoms with Gasteiger partial charge >= 0.3 is 0 Å². The Labute approximate surface area is 276 Å². The van der Waals surface area contributed by atoms with Crippen molar-refractivity contribution in [3.8, 4) is 0 Å². The van der Waals surface area contributed by atoms with E-state index >= 15 is 0 Å². The molecule has 0 aliphatic heterocycles. The lowest BCUT2D eigenvalue weighted by Crippen LogP contribution is -1.91. The van der Waals surface area contributed by atoms with E-state index in [2.05, 4.69) is 0 Å². The van der Waals surface area contributed by atoms with Gasteiger partial charge < -0.3 is 0 Å². The average Bonchev–Trinajstić information content (AvgIpc) is 2.97. The van der Waals surface area contributed by atoms with Crippen molar-refractivity contribution in [2.75, 3.05) is 5.88 Å². The third-order valence-electron chi connectivity index (χ3n) is 9.06. The van der Waals surface area contributed by atoms with Crippen molar-refractivity contribution in [2.45, 2.75) is 231 Å². The molecule has 0 heterocycles. The van der Waals surface area contributed by atoms with Crippen LogP contribution in [0.3, 0.4) is 0 Å². The van der Waals surface area contributed by atoms with Gasteiger partial charge in [0.15, 0.2) is 0 Å². The van der Waals surface area contributed by atoms with Gasteiger partial charge in [0, 0.05) is 5.88 Å². The number of hydrogen-bond donors (Lipinski definition) is 0. The van der Waals surface area contributed by atoms with E-state index in [0.717, 1.165) is 11.9 Å². The summed E-state index contributed by atoms with van der Waals surface area (Å²) in [6.07, 6.45) is 50.5. The summed E-state index contributed by atoms with van der Waals surface area (Å²) in [6, 6.07) is 1.10. The molecule has 0 radical (unpaired) electrons. The highest BCUT2D eigenvalue weighted by Crippen LogP contribution is 2.17. The predicted molar refractivity (Wildman–Crippen MR) is 196 cm³/mol. The molecular formula is C37H75Cl3Si. The Hall–Kier alpha value is 1.09. The van der Waals surface area contributed by atoms with E-state index in [1.54, 1.807) is 0 Å². The number of alkyl halides is 1. The number of unbranched alkanes of at least 4 members (excludes halogenated alkanes) is 34. The molecule has 0 saturated heterocycles. The zero-order chi connectivity index (χ0) is 29.7. The second-order valence-electron chi connectivity index (χ2n) is 13.2. The standard InChI is InChI=1S/C37H75Cl3Si/c38-36-34-32-30-28-26-24-22-20-18-16-14-12-10-8-6-4-2-1-3-5-7-9-11-13-15-17-19-21-23-25-27-29-31-33-35-37-41(39)40/h41H,1-37H2. The molecule has 0 saturated carbocycles. The zero-order valence-electron chi connectivity index (χ0n) is 27.9. The molecule has 0 aliphatic carbocycles. The van der Waals surface area contributed by atoms with Gasteiger partial charge in [0.05, 0.1) is 0 Å². The van der Waals surface area contributed by atoms with Gasteiger partial charge in [-0.3, -0.25) is 0 Å². The third kappa shape index (κ3) is 41.1. The molecule has 0 aromatic rings. The van der Waals surface area contributed by atoms with Crippen LogP contribution in [0.5, 0.6) is 0 Å². The van der Waals surface area contributed by atoms with Crippen molar-refractivity contribution in [2.24, 2.45) is 0 Å². The lowest BCUT2D eigenvalue weighted by Gasteiger charge is -2.05. The maximum atomic E-state index is 5.91. The molecule has 0 fully saturated rings. The predicted octanol–water partition coefficient (Wildman–Crippen LogP) is 15.6. The minimum Gasteiger partial charge on any atom is -0.150 e. The highest BCUT2D eigenvalue weighted by molar-refractivity contribution is 7.33. The van der Waals surface area contributed by atoms with Crippen LogP contribution in [-0.2, 0) is 0 Å². The summed E-state index contributed by atoms with van der Waals surface area (Å²) >= 11 is 17.5. The van der Waals surface area contributed by atoms with Crippen molar-refractivity contribution in [1.82, 2.24) is 0 Å². The number of hydrogen-bond acceptors (Lipinski definition) is 0. The van der Waals surface area contributed by atoms with Crippen molar-refractivity contribution in [1.29, 1.82) is 0 Å². The zero-order valence-corrected chi connectivity index (χ0v) is 31.3. The fraction of sp³-hybridized carbons (Fsp3) is 1.00. The van der Waals surface area contributed by atoms with Crippen LogP contribution in [0.15, 0.2) is 0 Å². The normalized spacial score (nSPS) is 11.7. The molecule has 0 nitrogen and oxygen atoms in total. The first-order valence-corrected chi connectivity index (χ1v) is 24.0. The van der Waals surface area contributed by atoms with Gasteiger partial charge in [-0.05, 0) is 12.5 Å². The monoisotopic (exact) mass is 652 g/mol. The fourth-order valence-electron chi connectivity index (χ4n) is 6.23. The van der Waals surface area contributed by atoms with Crippen LogP contribution in [0.2, 0.25) is 6.04 Å². The van der Waals surface area contributed by atoms with E-state index in [1.807, 2.05) is 0 Å². The Morgan fingerprint density at radius 3 is 0.512 bits per heavy atom. The SMILES string of the molecule is ClCCCCCCCCCCCCCCCCCCCCCCCCCCCCCCCCCCCCC[SiH](Cl)Cl. The van der Waals surface area contributed by atoms with Crippen LogP contribution in [0.1, 0.15) is 225 Å². The van der Waals surface area contributed by atoms with E-state index in [9.17, 15) is 0 Å². The smallest absolute Gasteiger partial charge is 0.150 e. The highest BCUT2D eigenvalue weighted by Gasteiger charge is 2.01. The van der Waals surface area contributed by atoms with E-state index in [0.29, 0.717) is 0 Å². The largest absolute Gasteiger partial charge is 0.237 e. The summed E-state index contributed by atoms with van der Waals surface area (Å²) < 4.78 is 0. The van der Waals surface area contributed by atoms with Crippen molar-refractivity contribution in [3.05, 3.63) is 0 Å². The molecule has 0 aromatic carbocycles. The first-order valence-electron chi connectivity index (χ1n) is 19.1. The lowest BCUT2D eigenvalue weighted by molar-refractivity contribution is 0.511. The fourth-order valence-corrected chi connectivity index (χ4v) is 7.94. The molecule has 0 unspecified atom stereocenters. The molecule has 0 atom stereocenters. The molecule has 4 heteroatoms. The topological polar surface area (TPSA) is 0 Å². The maximum Gasteiger partial charge on any atom is 0.237 e. The molecular weight excluding hydrogens is 579 g/mol. The average molecular weight is 654 g/mol. The van der Waals surface area contributed by atoms with Gasteiger partial charge in [-0.25, -0.2) is 0 Å². The van der Waals surface area contributed by atoms with Crippen molar-refractivity contribution >= 4 is 41.2 Å². The van der Waals surface area contributed by atoms with Gasteiger partial charge in [0.2, 0.25) is 7.42 Å². The molecule has 0 rings (SSSR count). The minimum absolute atomic E-state index is 0.844. The van der Waals surface area contributed by atoms with E-state index < -0.39 is 7.42 Å². The summed E-state index contributed by atoms with van der Waals surface area (Å²) in [5, 5.41) is 0. The lowest BCUT2D eigenvalue weighted by atomic mass is 10.0. The van der Waals surface area contributed by atoms with E-state index in [4.69, 9.17) is 33.8 Å². The van der Waals surface area contributed by atoms with Gasteiger partial charge in [0.1, 0.15) is 0 Å². The quantitative estimate of drug-likeness (QED) is 0.0271. The molecule has 0 amide bonds. The highest BCUT2D eigenvalue weighted by atomic mass is 35.7. The van der Waals surface area contributed by atoms with Crippen LogP contribution in [0.4, 0.5) is 0 Å². The summed E-state index contributed by atoms with van der Waals surface area (Å²) in [6.45, 7) is 0. The molecule has 0 aliphatic rings. The molecule has 248 valence electrons. The Balaban J connectivity index is 3.03. The third-order valence-corrected chi connectivity index (χ3v) is 11.5. The number of rotatable bonds is 37. The van der Waals surface area contributed by atoms with E-state index in [1.165, 1.54) is 225 Å². The molecule has 0 aromatic heterocycles. The molecule has 41 heavy (non-hydrogen) atoms. The van der Waals surface area contributed by atoms with Gasteiger partial charge in [-0.15, -0.1) is 11.6 Å².